The number of hydrogen-bond acceptors (Lipinski definition) is 5. The molecule has 0 bridgehead atoms. The summed E-state index contributed by atoms with van der Waals surface area (Å²) < 4.78 is 22.5. The van der Waals surface area contributed by atoms with Gasteiger partial charge in [-0.25, -0.2) is 4.39 Å². The number of aromatic nitrogens is 3. The lowest BCUT2D eigenvalue weighted by Gasteiger charge is -2.42. The quantitative estimate of drug-likeness (QED) is 0.552. The lowest BCUT2D eigenvalue weighted by molar-refractivity contribution is -0.0257. The lowest BCUT2D eigenvalue weighted by atomic mass is 9.71. The summed E-state index contributed by atoms with van der Waals surface area (Å²) in [4.78, 5) is 0. The van der Waals surface area contributed by atoms with Crippen molar-refractivity contribution in [3.63, 3.8) is 0 Å². The smallest absolute Gasteiger partial charge is 0.423 e. The molecule has 0 amide bonds. The molecule has 6 nitrogen and oxygen atoms in total. The molecule has 0 aliphatic heterocycles. The van der Waals surface area contributed by atoms with Crippen LogP contribution in [0.4, 0.5) is 10.3 Å². The molecule has 0 fully saturated rings. The largest absolute Gasteiger partial charge is 0.491 e. The van der Waals surface area contributed by atoms with Gasteiger partial charge in [-0.3, -0.25) is 4.40 Å². The van der Waals surface area contributed by atoms with Gasteiger partial charge in [-0.1, -0.05) is 39.0 Å². The summed E-state index contributed by atoms with van der Waals surface area (Å²) in [6, 6.07) is 10.4. The zero-order chi connectivity index (χ0) is 22.1. The summed E-state index contributed by atoms with van der Waals surface area (Å²) in [6.07, 6.45) is 0.891. The fourth-order valence-electron chi connectivity index (χ4n) is 3.18. The Kier molecular flexibility index (Phi) is 6.20. The van der Waals surface area contributed by atoms with Gasteiger partial charge in [0.2, 0.25) is 5.95 Å². The molecule has 0 saturated carbocycles. The summed E-state index contributed by atoms with van der Waals surface area (Å²) in [5, 5.41) is 21.9. The zero-order valence-electron chi connectivity index (χ0n) is 18.5. The second kappa shape index (κ2) is 8.36. The molecule has 0 aliphatic rings. The topological polar surface area (TPSA) is 71.7 Å². The first-order valence-corrected chi connectivity index (χ1v) is 10.2. The molecule has 0 radical (unpaired) electrons. The molecule has 0 spiro atoms. The van der Waals surface area contributed by atoms with Crippen LogP contribution in [0.3, 0.4) is 0 Å². The highest BCUT2D eigenvalue weighted by atomic mass is 19.1. The maximum atomic E-state index is 14.7. The van der Waals surface area contributed by atoms with Crippen molar-refractivity contribution < 1.29 is 14.1 Å². The molecule has 3 aromatic rings. The molecule has 8 heteroatoms. The van der Waals surface area contributed by atoms with E-state index in [-0.39, 0.29) is 12.0 Å². The number of benzene rings is 1. The van der Waals surface area contributed by atoms with E-state index in [1.807, 2.05) is 43.4 Å². The van der Waals surface area contributed by atoms with Gasteiger partial charge in [-0.2, -0.15) is 0 Å². The van der Waals surface area contributed by atoms with Gasteiger partial charge in [0.1, 0.15) is 5.82 Å². The molecule has 3 rings (SSSR count). The van der Waals surface area contributed by atoms with E-state index in [2.05, 4.69) is 36.3 Å². The average molecular weight is 412 g/mol. The monoisotopic (exact) mass is 412 g/mol. The van der Waals surface area contributed by atoms with Crippen molar-refractivity contribution in [2.45, 2.75) is 60.1 Å². The Bertz CT molecular complexity index is 1040. The number of nitrogens with zero attached hydrogens (tertiary/aromatic N) is 3. The third-order valence-electron chi connectivity index (χ3n) is 6.34. The van der Waals surface area contributed by atoms with Crippen molar-refractivity contribution in [1.82, 2.24) is 14.6 Å². The third-order valence-corrected chi connectivity index (χ3v) is 6.34. The Balaban J connectivity index is 1.72. The number of aryl methyl sites for hydroxylation is 1. The van der Waals surface area contributed by atoms with Crippen LogP contribution in [0.5, 0.6) is 0 Å². The van der Waals surface area contributed by atoms with E-state index in [0.29, 0.717) is 17.0 Å². The molecule has 2 aromatic heterocycles. The van der Waals surface area contributed by atoms with Crippen molar-refractivity contribution >= 4 is 24.2 Å². The molecule has 0 saturated heterocycles. The van der Waals surface area contributed by atoms with E-state index in [0.717, 1.165) is 17.8 Å². The Hall–Kier alpha value is -2.45. The van der Waals surface area contributed by atoms with Gasteiger partial charge in [-0.05, 0) is 56.3 Å². The molecule has 1 aromatic carbocycles. The third kappa shape index (κ3) is 4.34. The van der Waals surface area contributed by atoms with Crippen molar-refractivity contribution in [2.75, 3.05) is 5.32 Å². The first kappa shape index (κ1) is 22.2. The van der Waals surface area contributed by atoms with Gasteiger partial charge >= 0.3 is 7.12 Å². The van der Waals surface area contributed by atoms with E-state index in [1.165, 1.54) is 6.07 Å². The molecule has 30 heavy (non-hydrogen) atoms. The minimum absolute atomic E-state index is 0.143. The Morgan fingerprint density at radius 1 is 1.17 bits per heavy atom. The van der Waals surface area contributed by atoms with Crippen LogP contribution in [0.15, 0.2) is 36.4 Å². The number of rotatable bonds is 8. The minimum Gasteiger partial charge on any atom is -0.423 e. The molecular weight excluding hydrogens is 382 g/mol. The van der Waals surface area contributed by atoms with E-state index in [4.69, 9.17) is 4.65 Å². The van der Waals surface area contributed by atoms with Crippen molar-refractivity contribution in [3.05, 3.63) is 53.5 Å². The number of halogens is 1. The molecule has 160 valence electrons. The lowest BCUT2D eigenvalue weighted by Crippen LogP contribution is -2.49. The number of pyridine rings is 1. The van der Waals surface area contributed by atoms with E-state index < -0.39 is 18.5 Å². The summed E-state index contributed by atoms with van der Waals surface area (Å²) in [5.74, 6) is 0.138. The van der Waals surface area contributed by atoms with Crippen LogP contribution in [0.25, 0.3) is 5.65 Å². The highest BCUT2D eigenvalue weighted by molar-refractivity contribution is 6.60. The summed E-state index contributed by atoms with van der Waals surface area (Å²) in [5.41, 5.74) is 1.84. The van der Waals surface area contributed by atoms with Crippen LogP contribution in [-0.4, -0.2) is 32.3 Å². The Morgan fingerprint density at radius 2 is 1.90 bits per heavy atom. The standard InChI is InChI=1S/C22H30BFN4O2/c1-7-21(3,4)22(5,6)30-23(29)17-12-11-16(18(24)13-17)14-25-20-27-26-19-10-8-9-15(2)28(19)20/h8-13,29H,7,14H2,1-6H3,(H,25,27). The number of fused-ring (bicyclic) bond motifs is 1. The highest BCUT2D eigenvalue weighted by Gasteiger charge is 2.39. The van der Waals surface area contributed by atoms with Gasteiger partial charge in [-0.15, -0.1) is 10.2 Å². The van der Waals surface area contributed by atoms with E-state index in [9.17, 15) is 9.41 Å². The molecule has 0 atom stereocenters. The highest BCUT2D eigenvalue weighted by Crippen LogP contribution is 2.36. The normalized spacial score (nSPS) is 12.4. The average Bonchev–Trinajstić information content (AvgIpc) is 3.11. The summed E-state index contributed by atoms with van der Waals surface area (Å²) in [7, 11) is -1.20. The number of nitrogens with one attached hydrogen (secondary N) is 1. The number of anilines is 1. The molecule has 2 N–H and O–H groups in total. The fraction of sp³-hybridized carbons (Fsp3) is 0.455. The molecular formula is C22H30BFN4O2. The predicted octanol–water partition coefficient (Wildman–Crippen LogP) is 3.71. The maximum absolute atomic E-state index is 14.7. The number of hydrogen-bond donors (Lipinski definition) is 2. The summed E-state index contributed by atoms with van der Waals surface area (Å²) >= 11 is 0. The summed E-state index contributed by atoms with van der Waals surface area (Å²) in [6.45, 7) is 12.3. The van der Waals surface area contributed by atoms with Gasteiger partial charge in [0.15, 0.2) is 5.65 Å². The fourth-order valence-corrected chi connectivity index (χ4v) is 3.18. The zero-order valence-corrected chi connectivity index (χ0v) is 18.5. The molecule has 0 unspecified atom stereocenters. The minimum atomic E-state index is -1.20. The van der Waals surface area contributed by atoms with Crippen LogP contribution in [0.1, 0.15) is 52.3 Å². The van der Waals surface area contributed by atoms with Crippen LogP contribution in [0.2, 0.25) is 0 Å². The van der Waals surface area contributed by atoms with Crippen LogP contribution in [0, 0.1) is 18.2 Å². The van der Waals surface area contributed by atoms with Gasteiger partial charge in [0.05, 0.1) is 5.60 Å². The van der Waals surface area contributed by atoms with E-state index >= 15 is 0 Å². The van der Waals surface area contributed by atoms with Gasteiger partial charge in [0.25, 0.3) is 0 Å². The Labute approximate surface area is 177 Å². The van der Waals surface area contributed by atoms with Crippen molar-refractivity contribution in [2.24, 2.45) is 5.41 Å². The SMILES string of the molecule is CCC(C)(C)C(C)(C)OB(O)c1ccc(CNc2nnc3cccc(C)n23)c(F)c1. The second-order valence-electron chi connectivity index (χ2n) is 8.81. The van der Waals surface area contributed by atoms with Crippen molar-refractivity contribution in [3.8, 4) is 0 Å². The first-order chi connectivity index (χ1) is 14.1. The van der Waals surface area contributed by atoms with E-state index in [1.54, 1.807) is 12.1 Å². The first-order valence-electron chi connectivity index (χ1n) is 10.2. The van der Waals surface area contributed by atoms with Crippen LogP contribution in [-0.2, 0) is 11.2 Å². The predicted molar refractivity (Wildman–Crippen MR) is 118 cm³/mol. The van der Waals surface area contributed by atoms with Gasteiger partial charge in [0, 0.05) is 17.8 Å². The maximum Gasteiger partial charge on any atom is 0.491 e. The Morgan fingerprint density at radius 3 is 2.57 bits per heavy atom. The molecule has 2 heterocycles. The van der Waals surface area contributed by atoms with Crippen LogP contribution >= 0.6 is 0 Å². The second-order valence-corrected chi connectivity index (χ2v) is 8.81. The van der Waals surface area contributed by atoms with Crippen LogP contribution < -0.4 is 10.8 Å². The van der Waals surface area contributed by atoms with Gasteiger partial charge < -0.3 is 15.0 Å². The van der Waals surface area contributed by atoms with Crippen molar-refractivity contribution in [1.29, 1.82) is 0 Å². The molecule has 0 aliphatic carbocycles.